The van der Waals surface area contributed by atoms with Gasteiger partial charge in [-0.15, -0.1) is 0 Å². The van der Waals surface area contributed by atoms with Crippen molar-refractivity contribution in [3.05, 3.63) is 98.4 Å². The lowest BCUT2D eigenvalue weighted by molar-refractivity contribution is -0.127. The number of carbonyl (C=O) groups is 3. The van der Waals surface area contributed by atoms with Crippen LogP contribution in [0.5, 0.6) is 5.75 Å². The summed E-state index contributed by atoms with van der Waals surface area (Å²) in [4.78, 5) is 39.0. The maximum Gasteiger partial charge on any atom is 0.294 e. The fraction of sp³-hybridized carbons (Fsp3) is 0.115. The first-order chi connectivity index (χ1) is 16.8. The van der Waals surface area contributed by atoms with Gasteiger partial charge in [-0.1, -0.05) is 53.5 Å². The summed E-state index contributed by atoms with van der Waals surface area (Å²) in [6.07, 6.45) is 1.54. The van der Waals surface area contributed by atoms with Gasteiger partial charge in [0.15, 0.2) is 0 Å². The van der Waals surface area contributed by atoms with E-state index in [9.17, 15) is 14.4 Å². The van der Waals surface area contributed by atoms with Crippen LogP contribution in [0.1, 0.15) is 16.7 Å². The number of imide groups is 1. The normalized spacial score (nSPS) is 14.5. The third kappa shape index (κ3) is 6.25. The average Bonchev–Trinajstić information content (AvgIpc) is 3.07. The highest BCUT2D eigenvalue weighted by Gasteiger charge is 2.36. The van der Waals surface area contributed by atoms with Crippen LogP contribution in [0, 0.1) is 6.92 Å². The van der Waals surface area contributed by atoms with Crippen LogP contribution >= 0.6 is 35.0 Å². The Morgan fingerprint density at radius 2 is 1.80 bits per heavy atom. The summed E-state index contributed by atoms with van der Waals surface area (Å²) >= 11 is 13.0. The molecular formula is C26H20Cl2N2O4S. The number of benzene rings is 3. The number of ether oxygens (including phenoxy) is 1. The molecule has 0 aromatic heterocycles. The number of anilines is 1. The van der Waals surface area contributed by atoms with Crippen molar-refractivity contribution < 1.29 is 19.1 Å². The fourth-order valence-corrected chi connectivity index (χ4v) is 4.60. The lowest BCUT2D eigenvalue weighted by atomic mass is 10.1. The minimum atomic E-state index is -0.555. The van der Waals surface area contributed by atoms with E-state index in [1.807, 2.05) is 31.2 Å². The Morgan fingerprint density at radius 1 is 1.03 bits per heavy atom. The van der Waals surface area contributed by atoms with Crippen molar-refractivity contribution >= 4 is 63.8 Å². The molecule has 1 saturated heterocycles. The van der Waals surface area contributed by atoms with Crippen LogP contribution in [0.3, 0.4) is 0 Å². The number of para-hydroxylation sites is 1. The summed E-state index contributed by atoms with van der Waals surface area (Å²) in [6, 6.07) is 19.6. The summed E-state index contributed by atoms with van der Waals surface area (Å²) in [6.45, 7) is 1.73. The van der Waals surface area contributed by atoms with Crippen molar-refractivity contribution in [2.45, 2.75) is 13.5 Å². The Labute approximate surface area is 216 Å². The molecule has 6 nitrogen and oxygen atoms in total. The number of nitrogens with one attached hydrogen (secondary N) is 1. The lowest BCUT2D eigenvalue weighted by Gasteiger charge is -2.13. The Hall–Kier alpha value is -3.26. The van der Waals surface area contributed by atoms with Gasteiger partial charge in [0.05, 0.1) is 4.91 Å². The van der Waals surface area contributed by atoms with Crippen LogP contribution in [-0.2, 0) is 16.2 Å². The number of halogens is 2. The molecule has 0 spiro atoms. The molecule has 35 heavy (non-hydrogen) atoms. The number of aryl methyl sites for hydroxylation is 1. The minimum absolute atomic E-state index is 0.175. The smallest absolute Gasteiger partial charge is 0.294 e. The lowest BCUT2D eigenvalue weighted by Crippen LogP contribution is -2.36. The van der Waals surface area contributed by atoms with Crippen molar-refractivity contribution in [3.8, 4) is 5.75 Å². The number of thioether (sulfide) groups is 1. The summed E-state index contributed by atoms with van der Waals surface area (Å²) in [7, 11) is 0. The van der Waals surface area contributed by atoms with Crippen LogP contribution in [-0.4, -0.2) is 28.5 Å². The molecule has 0 saturated carbocycles. The summed E-state index contributed by atoms with van der Waals surface area (Å²) in [5.74, 6) is -0.532. The van der Waals surface area contributed by atoms with Crippen molar-refractivity contribution in [1.82, 2.24) is 4.90 Å². The summed E-state index contributed by atoms with van der Waals surface area (Å²) in [5.41, 5.74) is 2.91. The first kappa shape index (κ1) is 24.9. The van der Waals surface area contributed by atoms with Crippen LogP contribution in [0.25, 0.3) is 6.08 Å². The molecule has 0 aliphatic carbocycles. The largest absolute Gasteiger partial charge is 0.488 e. The van der Waals surface area contributed by atoms with Gasteiger partial charge in [0.1, 0.15) is 18.9 Å². The second-order valence-electron chi connectivity index (χ2n) is 7.73. The van der Waals surface area contributed by atoms with Crippen molar-refractivity contribution in [2.75, 3.05) is 11.9 Å². The molecule has 4 rings (SSSR count). The maximum atomic E-state index is 12.9. The Balaban J connectivity index is 1.49. The summed E-state index contributed by atoms with van der Waals surface area (Å²) < 4.78 is 5.93. The van der Waals surface area contributed by atoms with Gasteiger partial charge in [-0.05, 0) is 72.3 Å². The zero-order valence-electron chi connectivity index (χ0n) is 18.6. The minimum Gasteiger partial charge on any atom is -0.488 e. The monoisotopic (exact) mass is 526 g/mol. The van der Waals surface area contributed by atoms with E-state index in [0.29, 0.717) is 27.0 Å². The Bertz CT molecular complexity index is 1340. The van der Waals surface area contributed by atoms with Crippen LogP contribution < -0.4 is 10.1 Å². The van der Waals surface area contributed by atoms with Gasteiger partial charge in [0.2, 0.25) is 5.91 Å². The van der Waals surface area contributed by atoms with Crippen LogP contribution in [0.4, 0.5) is 10.5 Å². The maximum absolute atomic E-state index is 12.9. The van der Waals surface area contributed by atoms with Crippen LogP contribution in [0.15, 0.2) is 71.6 Å². The molecular weight excluding hydrogens is 507 g/mol. The van der Waals surface area contributed by atoms with Gasteiger partial charge >= 0.3 is 0 Å². The highest BCUT2D eigenvalue weighted by atomic mass is 35.5. The van der Waals surface area contributed by atoms with E-state index in [2.05, 4.69) is 5.32 Å². The van der Waals surface area contributed by atoms with Gasteiger partial charge < -0.3 is 10.1 Å². The standard InChI is InChI=1S/C26H20Cl2N2O4S/c1-16-5-2-3-8-21(16)29-24(31)14-30-25(32)23(35-26(30)33)13-18-12-20(28)9-10-22(18)34-15-17-6-4-7-19(27)11-17/h2-13H,14-15H2,1H3,(H,29,31)/b23-13+. The molecule has 1 aliphatic rings. The predicted octanol–water partition coefficient (Wildman–Crippen LogP) is 6.56. The zero-order chi connectivity index (χ0) is 24.9. The van der Waals surface area contributed by atoms with Gasteiger partial charge in [-0.3, -0.25) is 19.3 Å². The van der Waals surface area contributed by atoms with Crippen molar-refractivity contribution in [2.24, 2.45) is 0 Å². The highest BCUT2D eigenvalue weighted by Crippen LogP contribution is 2.35. The molecule has 3 aromatic rings. The van der Waals surface area contributed by atoms with E-state index in [0.717, 1.165) is 27.8 Å². The topological polar surface area (TPSA) is 75.7 Å². The average molecular weight is 527 g/mol. The molecule has 1 heterocycles. The molecule has 9 heteroatoms. The number of hydrogen-bond donors (Lipinski definition) is 1. The first-order valence-electron chi connectivity index (χ1n) is 10.6. The quantitative estimate of drug-likeness (QED) is 0.353. The first-order valence-corrected chi connectivity index (χ1v) is 12.1. The number of amides is 3. The van der Waals surface area contributed by atoms with Crippen molar-refractivity contribution in [1.29, 1.82) is 0 Å². The number of hydrogen-bond acceptors (Lipinski definition) is 5. The Kier molecular flexibility index (Phi) is 7.80. The number of carbonyl (C=O) groups excluding carboxylic acids is 3. The van der Waals surface area contributed by atoms with Crippen molar-refractivity contribution in [3.63, 3.8) is 0 Å². The fourth-order valence-electron chi connectivity index (χ4n) is 3.38. The second-order valence-corrected chi connectivity index (χ2v) is 9.60. The van der Waals surface area contributed by atoms with Gasteiger partial charge in [0.25, 0.3) is 11.1 Å². The molecule has 3 aromatic carbocycles. The molecule has 1 N–H and O–H groups in total. The molecule has 0 unspecified atom stereocenters. The molecule has 1 aliphatic heterocycles. The van der Waals surface area contributed by atoms with E-state index >= 15 is 0 Å². The third-order valence-corrected chi connectivity index (χ3v) is 6.51. The number of nitrogens with zero attached hydrogens (tertiary/aromatic N) is 1. The van der Waals surface area contributed by atoms with Gasteiger partial charge in [-0.25, -0.2) is 0 Å². The molecule has 0 bridgehead atoms. The highest BCUT2D eigenvalue weighted by molar-refractivity contribution is 8.18. The van der Waals surface area contributed by atoms with E-state index in [-0.39, 0.29) is 18.1 Å². The number of rotatable bonds is 7. The van der Waals surface area contributed by atoms with Crippen LogP contribution in [0.2, 0.25) is 10.0 Å². The molecule has 0 atom stereocenters. The van der Waals surface area contributed by atoms with E-state index in [4.69, 9.17) is 27.9 Å². The zero-order valence-corrected chi connectivity index (χ0v) is 20.9. The van der Waals surface area contributed by atoms with Gasteiger partial charge in [0, 0.05) is 21.3 Å². The predicted molar refractivity (Wildman–Crippen MR) is 140 cm³/mol. The molecule has 178 valence electrons. The molecule has 3 amide bonds. The van der Waals surface area contributed by atoms with E-state index in [1.165, 1.54) is 0 Å². The van der Waals surface area contributed by atoms with Gasteiger partial charge in [-0.2, -0.15) is 0 Å². The van der Waals surface area contributed by atoms with E-state index in [1.54, 1.807) is 48.5 Å². The second kappa shape index (κ2) is 11.0. The third-order valence-electron chi connectivity index (χ3n) is 5.14. The molecule has 1 fully saturated rings. The Morgan fingerprint density at radius 3 is 2.57 bits per heavy atom. The SMILES string of the molecule is Cc1ccccc1NC(=O)CN1C(=O)S/C(=C/c2cc(Cl)ccc2OCc2cccc(Cl)c2)C1=O. The van der Waals surface area contributed by atoms with E-state index < -0.39 is 17.1 Å². The molecule has 0 radical (unpaired) electrons. The summed E-state index contributed by atoms with van der Waals surface area (Å²) in [5, 5.41) is 3.26.